The zero-order chi connectivity index (χ0) is 23.8. The molecule has 33 heavy (non-hydrogen) atoms. The summed E-state index contributed by atoms with van der Waals surface area (Å²) in [6.45, 7) is 6.94. The lowest BCUT2D eigenvalue weighted by atomic mass is 10.0. The molecule has 0 unspecified atom stereocenters. The van der Waals surface area contributed by atoms with Crippen molar-refractivity contribution in [3.63, 3.8) is 0 Å². The third-order valence-electron chi connectivity index (χ3n) is 5.49. The van der Waals surface area contributed by atoms with Crippen molar-refractivity contribution in [2.24, 2.45) is 5.92 Å². The number of carbonyl (C=O) groups excluding carboxylic acids is 2. The molecule has 3 aromatic rings. The van der Waals surface area contributed by atoms with E-state index in [0.29, 0.717) is 35.8 Å². The Balaban J connectivity index is 1.60. The number of aryl methyl sites for hydroxylation is 1. The summed E-state index contributed by atoms with van der Waals surface area (Å²) in [4.78, 5) is 24.9. The van der Waals surface area contributed by atoms with Gasteiger partial charge in [-0.05, 0) is 72.9 Å². The molecule has 0 radical (unpaired) electrons. The molecule has 0 atom stereocenters. The second kappa shape index (κ2) is 11.3. The lowest BCUT2D eigenvalue weighted by Crippen LogP contribution is -2.25. The van der Waals surface area contributed by atoms with Crippen molar-refractivity contribution in [1.82, 2.24) is 5.32 Å². The maximum absolute atomic E-state index is 12.6. The summed E-state index contributed by atoms with van der Waals surface area (Å²) in [7, 11) is 1.59. The third kappa shape index (κ3) is 6.94. The molecular weight excluding hydrogens is 412 g/mol. The molecule has 172 valence electrons. The molecule has 2 N–H and O–H groups in total. The molecule has 0 spiro atoms. The smallest absolute Gasteiger partial charge is 0.251 e. The number of ketones is 1. The fourth-order valence-electron chi connectivity index (χ4n) is 3.47. The molecule has 0 fully saturated rings. The number of anilines is 2. The maximum Gasteiger partial charge on any atom is 0.251 e. The minimum atomic E-state index is -0.0460. The predicted octanol–water partition coefficient (Wildman–Crippen LogP) is 5.95. The molecule has 0 aromatic heterocycles. The normalized spacial score (nSPS) is 10.7. The van der Waals surface area contributed by atoms with Gasteiger partial charge in [0.25, 0.3) is 5.91 Å². The van der Waals surface area contributed by atoms with Crippen molar-refractivity contribution >= 4 is 23.1 Å². The van der Waals surface area contributed by atoms with Crippen molar-refractivity contribution in [2.45, 2.75) is 33.6 Å². The van der Waals surface area contributed by atoms with Crippen molar-refractivity contribution in [2.75, 3.05) is 19.0 Å². The highest BCUT2D eigenvalue weighted by molar-refractivity contribution is 5.98. The van der Waals surface area contributed by atoms with E-state index in [1.165, 1.54) is 0 Å². The Morgan fingerprint density at radius 2 is 1.70 bits per heavy atom. The van der Waals surface area contributed by atoms with Gasteiger partial charge in [-0.2, -0.15) is 0 Å². The van der Waals surface area contributed by atoms with Crippen LogP contribution in [0.2, 0.25) is 0 Å². The monoisotopic (exact) mass is 444 g/mol. The zero-order valence-electron chi connectivity index (χ0n) is 19.8. The van der Waals surface area contributed by atoms with Gasteiger partial charge < -0.3 is 15.4 Å². The van der Waals surface area contributed by atoms with Crippen LogP contribution >= 0.6 is 0 Å². The number of amides is 1. The van der Waals surface area contributed by atoms with E-state index in [4.69, 9.17) is 4.74 Å². The first-order valence-electron chi connectivity index (χ1n) is 11.3. The molecule has 0 bridgehead atoms. The molecule has 0 aliphatic rings. The first kappa shape index (κ1) is 24.1. The highest BCUT2D eigenvalue weighted by Crippen LogP contribution is 2.23. The molecule has 0 saturated heterocycles. The van der Waals surface area contributed by atoms with Crippen LogP contribution in [0.4, 0.5) is 11.4 Å². The van der Waals surface area contributed by atoms with Crippen molar-refractivity contribution in [1.29, 1.82) is 0 Å². The molecule has 5 heteroatoms. The van der Waals surface area contributed by atoms with Crippen molar-refractivity contribution in [3.05, 3.63) is 89.0 Å². The lowest BCUT2D eigenvalue weighted by molar-refractivity contribution is 0.0950. The SMILES string of the molecule is COc1cccc(C(=O)Cc2ccc(Nc3ccc(C(=O)NCCC(C)C)cc3C)cc2)c1. The Bertz CT molecular complexity index is 1100. The van der Waals surface area contributed by atoms with Gasteiger partial charge in [-0.15, -0.1) is 0 Å². The molecular formula is C28H32N2O3. The molecule has 0 aliphatic carbocycles. The van der Waals surface area contributed by atoms with Crippen LogP contribution in [0.25, 0.3) is 0 Å². The van der Waals surface area contributed by atoms with Crippen LogP contribution in [0.3, 0.4) is 0 Å². The maximum atomic E-state index is 12.6. The summed E-state index contributed by atoms with van der Waals surface area (Å²) >= 11 is 0. The molecule has 1 amide bonds. The summed E-state index contributed by atoms with van der Waals surface area (Å²) in [5, 5.41) is 6.36. The van der Waals surface area contributed by atoms with Gasteiger partial charge in [0.1, 0.15) is 5.75 Å². The molecule has 5 nitrogen and oxygen atoms in total. The Hall–Kier alpha value is -3.60. The van der Waals surface area contributed by atoms with E-state index in [1.807, 2.05) is 61.5 Å². The largest absolute Gasteiger partial charge is 0.497 e. The molecule has 0 saturated carbocycles. The van der Waals surface area contributed by atoms with Gasteiger partial charge in [-0.25, -0.2) is 0 Å². The van der Waals surface area contributed by atoms with Gasteiger partial charge in [-0.1, -0.05) is 38.1 Å². The number of hydrogen-bond donors (Lipinski definition) is 2. The first-order valence-corrected chi connectivity index (χ1v) is 11.3. The van der Waals surface area contributed by atoms with Gasteiger partial charge in [0, 0.05) is 35.5 Å². The average Bonchev–Trinajstić information content (AvgIpc) is 2.81. The molecule has 0 heterocycles. The highest BCUT2D eigenvalue weighted by Gasteiger charge is 2.10. The van der Waals surface area contributed by atoms with E-state index >= 15 is 0 Å². The van der Waals surface area contributed by atoms with Gasteiger partial charge in [0.15, 0.2) is 5.78 Å². The van der Waals surface area contributed by atoms with Crippen LogP contribution in [0.1, 0.15) is 52.1 Å². The number of Topliss-reactive ketones (excluding diaryl/α,β-unsaturated/α-hetero) is 1. The number of nitrogens with one attached hydrogen (secondary N) is 2. The first-order chi connectivity index (χ1) is 15.9. The standard InChI is InChI=1S/C28H32N2O3/c1-19(2)14-15-29-28(32)23-10-13-26(20(3)16-23)30-24-11-8-21(9-12-24)17-27(31)22-6-5-7-25(18-22)33-4/h5-13,16,18-19,30H,14-15,17H2,1-4H3,(H,29,32). The quantitative estimate of drug-likeness (QED) is 0.379. The number of rotatable bonds is 10. The Morgan fingerprint density at radius 1 is 0.939 bits per heavy atom. The molecule has 3 rings (SSSR count). The van der Waals surface area contributed by atoms with E-state index in [9.17, 15) is 9.59 Å². The Labute approximate surface area is 196 Å². The van der Waals surface area contributed by atoms with Crippen LogP contribution in [0, 0.1) is 12.8 Å². The Morgan fingerprint density at radius 3 is 2.36 bits per heavy atom. The fourth-order valence-corrected chi connectivity index (χ4v) is 3.47. The number of ether oxygens (including phenoxy) is 1. The van der Waals surface area contributed by atoms with E-state index in [-0.39, 0.29) is 11.7 Å². The number of benzene rings is 3. The summed E-state index contributed by atoms with van der Waals surface area (Å²) < 4.78 is 5.20. The van der Waals surface area contributed by atoms with E-state index < -0.39 is 0 Å². The van der Waals surface area contributed by atoms with Gasteiger partial charge in [0.2, 0.25) is 0 Å². The summed E-state index contributed by atoms with van der Waals surface area (Å²) in [5.41, 5.74) is 5.09. The van der Waals surface area contributed by atoms with E-state index in [1.54, 1.807) is 19.2 Å². The van der Waals surface area contributed by atoms with Crippen LogP contribution < -0.4 is 15.4 Å². The Kier molecular flexibility index (Phi) is 8.25. The van der Waals surface area contributed by atoms with Crippen LogP contribution in [-0.2, 0) is 6.42 Å². The van der Waals surface area contributed by atoms with Gasteiger partial charge >= 0.3 is 0 Å². The van der Waals surface area contributed by atoms with Gasteiger partial charge in [-0.3, -0.25) is 9.59 Å². The second-order valence-electron chi connectivity index (χ2n) is 8.62. The van der Waals surface area contributed by atoms with E-state index in [2.05, 4.69) is 24.5 Å². The summed E-state index contributed by atoms with van der Waals surface area (Å²) in [6, 6.07) is 20.7. The predicted molar refractivity (Wildman–Crippen MR) is 134 cm³/mol. The minimum absolute atomic E-state index is 0.0460. The fraction of sp³-hybridized carbons (Fsp3) is 0.286. The van der Waals surface area contributed by atoms with Crippen LogP contribution in [0.5, 0.6) is 5.75 Å². The van der Waals surface area contributed by atoms with Crippen LogP contribution in [-0.4, -0.2) is 25.3 Å². The molecule has 3 aromatic carbocycles. The number of hydrogen-bond acceptors (Lipinski definition) is 4. The number of methoxy groups -OCH3 is 1. The minimum Gasteiger partial charge on any atom is -0.497 e. The lowest BCUT2D eigenvalue weighted by Gasteiger charge is -2.12. The van der Waals surface area contributed by atoms with Crippen LogP contribution in [0.15, 0.2) is 66.7 Å². The summed E-state index contributed by atoms with van der Waals surface area (Å²) in [5.74, 6) is 1.24. The van der Waals surface area contributed by atoms with Crippen molar-refractivity contribution < 1.29 is 14.3 Å². The van der Waals surface area contributed by atoms with Gasteiger partial charge in [0.05, 0.1) is 7.11 Å². The second-order valence-corrected chi connectivity index (χ2v) is 8.62. The van der Waals surface area contributed by atoms with Crippen molar-refractivity contribution in [3.8, 4) is 5.75 Å². The zero-order valence-corrected chi connectivity index (χ0v) is 19.8. The third-order valence-corrected chi connectivity index (χ3v) is 5.49. The summed E-state index contributed by atoms with van der Waals surface area (Å²) in [6.07, 6.45) is 1.29. The average molecular weight is 445 g/mol. The van der Waals surface area contributed by atoms with E-state index in [0.717, 1.165) is 28.9 Å². The number of carbonyl (C=O) groups is 2. The topological polar surface area (TPSA) is 67.4 Å². The molecule has 0 aliphatic heterocycles. The highest BCUT2D eigenvalue weighted by atomic mass is 16.5.